The van der Waals surface area contributed by atoms with Crippen LogP contribution in [0.1, 0.15) is 52.1 Å². The minimum atomic E-state index is -0.546. The summed E-state index contributed by atoms with van der Waals surface area (Å²) >= 11 is 0. The standard InChI is InChI=1S/C24H39N5O2.HI/c1-18(2)17-29-14-12-20(13-15-29)27-22(25-6)26-16-21(19-10-8-7-9-11-19)28-23(30)31-24(3,4)5;/h7-11,20-21H,1,12-17H2,2-6H3,(H,28,30)(H2,25,26,27);1H. The number of piperidine rings is 1. The van der Waals surface area contributed by atoms with E-state index >= 15 is 0 Å². The molecule has 1 aliphatic rings. The summed E-state index contributed by atoms with van der Waals surface area (Å²) in [6.45, 7) is 15.2. The predicted octanol–water partition coefficient (Wildman–Crippen LogP) is 4.08. The summed E-state index contributed by atoms with van der Waals surface area (Å²) in [5, 5.41) is 9.87. The fourth-order valence-corrected chi connectivity index (χ4v) is 3.59. The molecule has 1 aromatic carbocycles. The lowest BCUT2D eigenvalue weighted by Crippen LogP contribution is -2.50. The van der Waals surface area contributed by atoms with Crippen LogP contribution in [0, 0.1) is 0 Å². The molecule has 1 unspecified atom stereocenters. The quantitative estimate of drug-likeness (QED) is 0.204. The normalized spacial score (nSPS) is 16.5. The summed E-state index contributed by atoms with van der Waals surface area (Å²) in [4.78, 5) is 19.2. The van der Waals surface area contributed by atoms with Crippen LogP contribution in [0.15, 0.2) is 47.5 Å². The average Bonchev–Trinajstić information content (AvgIpc) is 2.70. The average molecular weight is 558 g/mol. The van der Waals surface area contributed by atoms with Crippen LogP contribution in [-0.4, -0.2) is 61.8 Å². The van der Waals surface area contributed by atoms with Gasteiger partial charge in [0.1, 0.15) is 5.60 Å². The number of carbonyl (C=O) groups excluding carboxylic acids is 1. The number of halogens is 1. The Labute approximate surface area is 210 Å². The minimum Gasteiger partial charge on any atom is -0.444 e. The van der Waals surface area contributed by atoms with Gasteiger partial charge in [0.25, 0.3) is 0 Å². The summed E-state index contributed by atoms with van der Waals surface area (Å²) in [6, 6.07) is 10.0. The van der Waals surface area contributed by atoms with E-state index in [1.54, 1.807) is 7.05 Å². The Morgan fingerprint density at radius 2 is 1.88 bits per heavy atom. The van der Waals surface area contributed by atoms with E-state index in [2.05, 4.69) is 39.3 Å². The van der Waals surface area contributed by atoms with Crippen LogP contribution in [0.4, 0.5) is 4.79 Å². The number of hydrogen-bond donors (Lipinski definition) is 3. The van der Waals surface area contributed by atoms with E-state index in [-0.39, 0.29) is 30.0 Å². The summed E-state index contributed by atoms with van der Waals surface area (Å²) in [5.74, 6) is 0.741. The van der Waals surface area contributed by atoms with Crippen molar-refractivity contribution in [2.24, 2.45) is 4.99 Å². The Morgan fingerprint density at radius 1 is 1.25 bits per heavy atom. The highest BCUT2D eigenvalue weighted by Gasteiger charge is 2.22. The van der Waals surface area contributed by atoms with Gasteiger partial charge in [-0.2, -0.15) is 0 Å². The van der Waals surface area contributed by atoms with Crippen molar-refractivity contribution < 1.29 is 9.53 Å². The van der Waals surface area contributed by atoms with Crippen molar-refractivity contribution in [3.8, 4) is 0 Å². The van der Waals surface area contributed by atoms with Crippen molar-refractivity contribution in [3.05, 3.63) is 48.0 Å². The number of rotatable bonds is 7. The molecule has 0 aliphatic carbocycles. The number of benzene rings is 1. The summed E-state index contributed by atoms with van der Waals surface area (Å²) in [7, 11) is 1.77. The molecule has 8 heteroatoms. The molecular formula is C24H40IN5O2. The van der Waals surface area contributed by atoms with Gasteiger partial charge in [-0.3, -0.25) is 9.89 Å². The maximum Gasteiger partial charge on any atom is 0.408 e. The zero-order valence-electron chi connectivity index (χ0n) is 20.1. The Morgan fingerprint density at radius 3 is 2.41 bits per heavy atom. The maximum absolute atomic E-state index is 12.4. The molecular weight excluding hydrogens is 517 g/mol. The molecule has 3 N–H and O–H groups in total. The third-order valence-corrected chi connectivity index (χ3v) is 5.01. The lowest BCUT2D eigenvalue weighted by molar-refractivity contribution is 0.0504. The number of carbonyl (C=O) groups is 1. The molecule has 1 amide bonds. The van der Waals surface area contributed by atoms with Crippen molar-refractivity contribution in [1.82, 2.24) is 20.9 Å². The number of hydrogen-bond acceptors (Lipinski definition) is 4. The van der Waals surface area contributed by atoms with Crippen LogP contribution in [0.5, 0.6) is 0 Å². The van der Waals surface area contributed by atoms with Gasteiger partial charge in [-0.05, 0) is 46.1 Å². The van der Waals surface area contributed by atoms with E-state index in [0.29, 0.717) is 12.6 Å². The number of nitrogens with zero attached hydrogens (tertiary/aromatic N) is 2. The molecule has 1 fully saturated rings. The van der Waals surface area contributed by atoms with Gasteiger partial charge in [-0.1, -0.05) is 42.5 Å². The number of alkyl carbamates (subject to hydrolysis) is 1. The fourth-order valence-electron chi connectivity index (χ4n) is 3.59. The molecule has 7 nitrogen and oxygen atoms in total. The molecule has 0 aromatic heterocycles. The largest absolute Gasteiger partial charge is 0.444 e. The van der Waals surface area contributed by atoms with Gasteiger partial charge in [0.2, 0.25) is 0 Å². The highest BCUT2D eigenvalue weighted by atomic mass is 127. The first-order chi connectivity index (χ1) is 14.7. The minimum absolute atomic E-state index is 0. The maximum atomic E-state index is 12.4. The van der Waals surface area contributed by atoms with Crippen LogP contribution < -0.4 is 16.0 Å². The highest BCUT2D eigenvalue weighted by molar-refractivity contribution is 14.0. The number of aliphatic imine (C=N–C) groups is 1. The third kappa shape index (κ3) is 10.7. The first-order valence-electron chi connectivity index (χ1n) is 11.0. The molecule has 0 radical (unpaired) electrons. The van der Waals surface area contributed by atoms with E-state index in [4.69, 9.17) is 4.74 Å². The SMILES string of the molecule is C=C(C)CN1CCC(NC(=NC)NCC(NC(=O)OC(C)(C)C)c2ccccc2)CC1.I. The van der Waals surface area contributed by atoms with Gasteiger partial charge in [-0.25, -0.2) is 4.79 Å². The van der Waals surface area contributed by atoms with E-state index in [9.17, 15) is 4.79 Å². The number of guanidine groups is 1. The van der Waals surface area contributed by atoms with Gasteiger partial charge >= 0.3 is 6.09 Å². The van der Waals surface area contributed by atoms with Crippen molar-refractivity contribution in [3.63, 3.8) is 0 Å². The number of likely N-dealkylation sites (tertiary alicyclic amines) is 1. The molecule has 32 heavy (non-hydrogen) atoms. The predicted molar refractivity (Wildman–Crippen MR) is 143 cm³/mol. The first-order valence-corrected chi connectivity index (χ1v) is 11.0. The molecule has 1 heterocycles. The lowest BCUT2D eigenvalue weighted by atomic mass is 10.0. The van der Waals surface area contributed by atoms with Gasteiger partial charge in [0.15, 0.2) is 5.96 Å². The van der Waals surface area contributed by atoms with E-state index < -0.39 is 11.7 Å². The van der Waals surface area contributed by atoms with Crippen molar-refractivity contribution in [2.75, 3.05) is 33.2 Å². The van der Waals surface area contributed by atoms with Gasteiger partial charge in [0.05, 0.1) is 6.04 Å². The zero-order chi connectivity index (χ0) is 22.9. The topological polar surface area (TPSA) is 78.0 Å². The Kier molecular flexibility index (Phi) is 12.1. The molecule has 180 valence electrons. The van der Waals surface area contributed by atoms with E-state index in [0.717, 1.165) is 44.0 Å². The van der Waals surface area contributed by atoms with E-state index in [1.165, 1.54) is 5.57 Å². The highest BCUT2D eigenvalue weighted by Crippen LogP contribution is 2.15. The Bertz CT molecular complexity index is 741. The van der Waals surface area contributed by atoms with Crippen LogP contribution in [0.2, 0.25) is 0 Å². The monoisotopic (exact) mass is 557 g/mol. The summed E-state index contributed by atoms with van der Waals surface area (Å²) in [5.41, 5.74) is 1.66. The second-order valence-electron chi connectivity index (χ2n) is 9.21. The molecule has 0 spiro atoms. The lowest BCUT2D eigenvalue weighted by Gasteiger charge is -2.33. The van der Waals surface area contributed by atoms with Crippen LogP contribution in [-0.2, 0) is 4.74 Å². The molecule has 0 bridgehead atoms. The molecule has 1 saturated heterocycles. The van der Waals surface area contributed by atoms with Crippen LogP contribution >= 0.6 is 24.0 Å². The number of ether oxygens (including phenoxy) is 1. The fraction of sp³-hybridized carbons (Fsp3) is 0.583. The summed E-state index contributed by atoms with van der Waals surface area (Å²) in [6.07, 6.45) is 1.69. The van der Waals surface area contributed by atoms with Crippen LogP contribution in [0.25, 0.3) is 0 Å². The van der Waals surface area contributed by atoms with Crippen molar-refractivity contribution in [1.29, 1.82) is 0 Å². The first kappa shape index (κ1) is 28.2. The van der Waals surface area contributed by atoms with E-state index in [1.807, 2.05) is 51.1 Å². The smallest absolute Gasteiger partial charge is 0.408 e. The van der Waals surface area contributed by atoms with Gasteiger partial charge in [0, 0.05) is 39.3 Å². The molecule has 1 atom stereocenters. The van der Waals surface area contributed by atoms with Crippen LogP contribution in [0.3, 0.4) is 0 Å². The van der Waals surface area contributed by atoms with Crippen molar-refractivity contribution >= 4 is 36.0 Å². The zero-order valence-corrected chi connectivity index (χ0v) is 22.4. The number of nitrogens with one attached hydrogen (secondary N) is 3. The summed E-state index contributed by atoms with van der Waals surface area (Å²) < 4.78 is 5.45. The third-order valence-electron chi connectivity index (χ3n) is 5.01. The van der Waals surface area contributed by atoms with Gasteiger partial charge < -0.3 is 20.7 Å². The molecule has 2 rings (SSSR count). The molecule has 1 aromatic rings. The Balaban J connectivity index is 0.00000512. The van der Waals surface area contributed by atoms with Gasteiger partial charge in [-0.15, -0.1) is 24.0 Å². The molecule has 0 saturated carbocycles. The van der Waals surface area contributed by atoms with Crippen molar-refractivity contribution in [2.45, 2.75) is 58.2 Å². The second kappa shape index (κ2) is 13.7. The Hall–Kier alpha value is -1.81. The number of amides is 1. The molecule has 1 aliphatic heterocycles. The second-order valence-corrected chi connectivity index (χ2v) is 9.21.